The number of amides is 5. The van der Waals surface area contributed by atoms with Crippen molar-refractivity contribution < 1.29 is 66.8 Å². The molecule has 4 fully saturated rings. The molecule has 1 saturated heterocycles. The number of aliphatic hydroxyl groups excluding tert-OH is 2. The van der Waals surface area contributed by atoms with Gasteiger partial charge < -0.3 is 51.0 Å². The van der Waals surface area contributed by atoms with Crippen LogP contribution in [0.1, 0.15) is 66.5 Å². The van der Waals surface area contributed by atoms with Gasteiger partial charge in [0.2, 0.25) is 29.5 Å². The average Bonchev–Trinajstić information content (AvgIpc) is 4.07. The molecule has 0 radical (unpaired) electrons. The Bertz CT molecular complexity index is 2680. The van der Waals surface area contributed by atoms with Crippen LogP contribution in [-0.2, 0) is 67.2 Å². The van der Waals surface area contributed by atoms with Crippen LogP contribution in [-0.4, -0.2) is 125 Å². The van der Waals surface area contributed by atoms with Gasteiger partial charge in [0.25, 0.3) is 0 Å². The number of alkyl halides is 3. The summed E-state index contributed by atoms with van der Waals surface area (Å²) in [7, 11) is 0. The van der Waals surface area contributed by atoms with Crippen LogP contribution in [0.5, 0.6) is 0 Å². The minimum atomic E-state index is -2.35. The molecule has 11 atom stereocenters. The zero-order valence-electron chi connectivity index (χ0n) is 40.1. The molecule has 3 aromatic rings. The van der Waals surface area contributed by atoms with E-state index >= 15 is 8.78 Å². The summed E-state index contributed by atoms with van der Waals surface area (Å²) in [5.74, 6) is -5.60. The third-order valence-corrected chi connectivity index (χ3v) is 16.8. The highest BCUT2D eigenvalue weighted by Gasteiger charge is 2.80. The van der Waals surface area contributed by atoms with Crippen molar-refractivity contribution in [1.29, 1.82) is 0 Å². The fraction of sp³-hybridized carbons (Fsp3) is 0.481. The van der Waals surface area contributed by atoms with Crippen LogP contribution in [0.2, 0.25) is 0 Å². The third kappa shape index (κ3) is 10.6. The van der Waals surface area contributed by atoms with Crippen LogP contribution in [0.4, 0.5) is 8.78 Å². The first-order valence-corrected chi connectivity index (χ1v) is 26.0. The number of Topliss-reactive ketones (excluding diaryl/α,β-unsaturated/α-hetero) is 1. The summed E-state index contributed by atoms with van der Waals surface area (Å²) in [6.07, 6.45) is -1.22. The SMILES string of the molecule is C[C@]12C=CC(=O)C=C1[C@@H](F)C[C@H]1[C@@H]3C[C@H]4O[C@@H](c5cc(Cc6ccc(COCNC(=O)CNC(=O)[C@H](Cc7ccccc7)NC(=O)CNC(=O)CNC(=O)CBr)cc6)cs5)O[C@@]4(C(=O)CO)[C@@]3(C)C[C@H](O)[C@@]12F. The Labute approximate surface area is 432 Å². The van der Waals surface area contributed by atoms with Crippen molar-refractivity contribution in [2.24, 2.45) is 22.7 Å². The minimum Gasteiger partial charge on any atom is -0.390 e. The number of benzene rings is 2. The number of ketones is 2. The molecule has 73 heavy (non-hydrogen) atoms. The number of rotatable bonds is 20. The van der Waals surface area contributed by atoms with E-state index in [1.807, 2.05) is 35.7 Å². The second-order valence-electron chi connectivity index (χ2n) is 19.6. The van der Waals surface area contributed by atoms with Crippen LogP contribution in [0, 0.1) is 22.7 Å². The van der Waals surface area contributed by atoms with Crippen molar-refractivity contribution in [2.45, 2.75) is 94.5 Å². The molecule has 1 aromatic heterocycles. The van der Waals surface area contributed by atoms with Gasteiger partial charge in [0.1, 0.15) is 25.6 Å². The second kappa shape index (κ2) is 22.1. The number of halogens is 3. The quantitative estimate of drug-likeness (QED) is 0.0491. The van der Waals surface area contributed by atoms with Gasteiger partial charge in [-0.05, 0) is 90.0 Å². The number of allylic oxidation sites excluding steroid dienone is 4. The molecule has 390 valence electrons. The van der Waals surface area contributed by atoms with Gasteiger partial charge in [-0.15, -0.1) is 11.3 Å². The maximum absolute atomic E-state index is 17.8. The molecule has 8 rings (SSSR count). The number of ether oxygens (including phenoxy) is 3. The molecule has 5 aliphatic rings. The van der Waals surface area contributed by atoms with E-state index in [1.54, 1.807) is 37.3 Å². The van der Waals surface area contributed by atoms with Gasteiger partial charge >= 0.3 is 0 Å². The molecule has 17 nitrogen and oxygen atoms in total. The van der Waals surface area contributed by atoms with Gasteiger partial charge in [0.05, 0.1) is 48.7 Å². The molecule has 2 heterocycles. The number of thiophene rings is 1. The first-order chi connectivity index (χ1) is 34.8. The molecule has 5 amide bonds. The fourth-order valence-corrected chi connectivity index (χ4v) is 12.8. The summed E-state index contributed by atoms with van der Waals surface area (Å²) in [6, 6.07) is 17.4. The molecular weight excluding hydrogens is 1040 g/mol. The fourth-order valence-electron chi connectivity index (χ4n) is 11.7. The van der Waals surface area contributed by atoms with Gasteiger partial charge in [-0.3, -0.25) is 33.6 Å². The van der Waals surface area contributed by atoms with Crippen molar-refractivity contribution in [1.82, 2.24) is 26.6 Å². The maximum Gasteiger partial charge on any atom is 0.243 e. The van der Waals surface area contributed by atoms with Gasteiger partial charge in [-0.1, -0.05) is 83.5 Å². The molecule has 7 N–H and O–H groups in total. The highest BCUT2D eigenvalue weighted by Crippen LogP contribution is 2.72. The van der Waals surface area contributed by atoms with Crippen molar-refractivity contribution in [3.8, 4) is 0 Å². The molecule has 21 heteroatoms. The predicted molar refractivity (Wildman–Crippen MR) is 264 cm³/mol. The van der Waals surface area contributed by atoms with Crippen molar-refractivity contribution in [3.63, 3.8) is 0 Å². The van der Waals surface area contributed by atoms with E-state index in [2.05, 4.69) is 42.5 Å². The molecule has 1 aliphatic heterocycles. The summed E-state index contributed by atoms with van der Waals surface area (Å²) in [4.78, 5) is 88.7. The van der Waals surface area contributed by atoms with Gasteiger partial charge in [0.15, 0.2) is 29.1 Å². The molecule has 0 unspecified atom stereocenters. The molecule has 0 spiro atoms. The summed E-state index contributed by atoms with van der Waals surface area (Å²) in [6.45, 7) is 1.23. The number of aliphatic hydroxyl groups is 2. The van der Waals surface area contributed by atoms with Crippen LogP contribution in [0.15, 0.2) is 89.8 Å². The molecule has 4 aliphatic carbocycles. The van der Waals surface area contributed by atoms with E-state index in [9.17, 15) is 43.8 Å². The largest absolute Gasteiger partial charge is 0.390 e. The topological polar surface area (TPSA) is 248 Å². The summed E-state index contributed by atoms with van der Waals surface area (Å²) < 4.78 is 52.6. The van der Waals surface area contributed by atoms with Crippen LogP contribution in [0.25, 0.3) is 0 Å². The lowest BCUT2D eigenvalue weighted by molar-refractivity contribution is -0.234. The lowest BCUT2D eigenvalue weighted by Crippen LogP contribution is -2.70. The van der Waals surface area contributed by atoms with Gasteiger partial charge in [-0.25, -0.2) is 8.78 Å². The minimum absolute atomic E-state index is 0.00421. The summed E-state index contributed by atoms with van der Waals surface area (Å²) in [5, 5.41) is 36.6. The van der Waals surface area contributed by atoms with Crippen molar-refractivity contribution in [2.75, 3.05) is 38.3 Å². The van der Waals surface area contributed by atoms with E-state index in [-0.39, 0.29) is 56.5 Å². The first kappa shape index (κ1) is 53.7. The standard InChI is InChI=1S/C52H58BrF2N5O12S/c1-49-13-12-33(62)17-36(49)37(54)18-35-34-19-42-52(41(64)25-61,50(34,2)20-40(63)51(35,49)55)72-48(71-42)39-16-32(27-73-39)14-30-8-10-31(11-9-30)26-70-28-59-45(67)23-58-47(69)38(15-29-6-4-3-5-7-29)60-46(68)24-57-44(66)22-56-43(65)21-53/h3-13,16-17,27,34-35,37-38,40,42,48,61,63H,14-15,18-26,28H2,1-2H3,(H,56,65)(H,57,66)(H,58,69)(H,59,67)(H,60,68)/t34-,35-,37-,38-,40-,42+,48+,49-,50-,51-,52+/m0/s1. The highest BCUT2D eigenvalue weighted by atomic mass is 79.9. The Balaban J connectivity index is 0.807. The van der Waals surface area contributed by atoms with E-state index < -0.39 is 125 Å². The maximum atomic E-state index is 17.8. The summed E-state index contributed by atoms with van der Waals surface area (Å²) in [5.41, 5.74) is -3.43. The highest BCUT2D eigenvalue weighted by molar-refractivity contribution is 9.09. The molecule has 0 bridgehead atoms. The Morgan fingerprint density at radius 3 is 2.29 bits per heavy atom. The van der Waals surface area contributed by atoms with Crippen molar-refractivity contribution in [3.05, 3.63) is 117 Å². The normalized spacial score (nSPS) is 30.1. The molecule has 3 saturated carbocycles. The van der Waals surface area contributed by atoms with Crippen molar-refractivity contribution >= 4 is 68.4 Å². The lowest BCUT2D eigenvalue weighted by Gasteiger charge is -2.63. The molecule has 2 aromatic carbocycles. The Hall–Kier alpha value is -5.55. The third-order valence-electron chi connectivity index (χ3n) is 15.3. The Morgan fingerprint density at radius 1 is 0.877 bits per heavy atom. The van der Waals surface area contributed by atoms with E-state index in [0.29, 0.717) is 11.3 Å². The number of carbonyl (C=O) groups is 7. The monoisotopic (exact) mass is 1090 g/mol. The number of hydrogen-bond acceptors (Lipinski definition) is 13. The smallest absolute Gasteiger partial charge is 0.243 e. The molecular formula is C52H58BrF2N5O12S. The lowest BCUT2D eigenvalue weighted by atomic mass is 9.44. The predicted octanol–water partition coefficient (Wildman–Crippen LogP) is 3.04. The zero-order valence-corrected chi connectivity index (χ0v) is 42.5. The van der Waals surface area contributed by atoms with E-state index in [0.717, 1.165) is 28.3 Å². The Kier molecular flexibility index (Phi) is 16.3. The van der Waals surface area contributed by atoms with Crippen LogP contribution >= 0.6 is 27.3 Å². The van der Waals surface area contributed by atoms with Gasteiger partial charge in [0, 0.05) is 23.2 Å². The van der Waals surface area contributed by atoms with Crippen LogP contribution in [0.3, 0.4) is 0 Å². The number of hydrogen-bond donors (Lipinski definition) is 7. The Morgan fingerprint density at radius 2 is 1.56 bits per heavy atom. The van der Waals surface area contributed by atoms with Gasteiger partial charge in [-0.2, -0.15) is 0 Å². The first-order valence-electron chi connectivity index (χ1n) is 24.0. The number of fused-ring (bicyclic) bond motifs is 7. The summed E-state index contributed by atoms with van der Waals surface area (Å²) >= 11 is 4.35. The van der Waals surface area contributed by atoms with E-state index in [4.69, 9.17) is 14.2 Å². The van der Waals surface area contributed by atoms with E-state index in [1.165, 1.54) is 30.4 Å². The zero-order chi connectivity index (χ0) is 52.3. The number of nitrogens with one attached hydrogen (secondary N) is 5. The number of carbonyl (C=O) groups excluding carboxylic acids is 7. The average molecular weight is 1100 g/mol. The second-order valence-corrected chi connectivity index (χ2v) is 21.1. The van der Waals surface area contributed by atoms with Crippen LogP contribution < -0.4 is 26.6 Å².